The second kappa shape index (κ2) is 3.35. The van der Waals surface area contributed by atoms with Gasteiger partial charge in [-0.15, -0.1) is 0 Å². The van der Waals surface area contributed by atoms with Crippen molar-refractivity contribution in [2.24, 2.45) is 7.05 Å². The summed E-state index contributed by atoms with van der Waals surface area (Å²) in [6.45, 7) is 6.41. The predicted molar refractivity (Wildman–Crippen MR) is 55.2 cm³/mol. The minimum atomic E-state index is 0.210. The molecule has 0 atom stereocenters. The van der Waals surface area contributed by atoms with Crippen LogP contribution >= 0.6 is 0 Å². The molecular weight excluding hydrogens is 176 g/mol. The van der Waals surface area contributed by atoms with Crippen LogP contribution in [-0.2, 0) is 12.5 Å². The van der Waals surface area contributed by atoms with Crippen molar-refractivity contribution in [2.75, 3.05) is 13.1 Å². The standard InChI is InChI=1S/C10H18N4/c1-8-12-9(14(3)13-8)10(2)4-6-11-7-5-10/h11H,4-7H2,1-3H3. The summed E-state index contributed by atoms with van der Waals surface area (Å²) < 4.78 is 1.93. The van der Waals surface area contributed by atoms with Gasteiger partial charge in [-0.25, -0.2) is 4.98 Å². The number of hydrogen-bond donors (Lipinski definition) is 1. The zero-order chi connectivity index (χ0) is 10.2. The quantitative estimate of drug-likeness (QED) is 0.718. The van der Waals surface area contributed by atoms with Crippen LogP contribution in [0.4, 0.5) is 0 Å². The Morgan fingerprint density at radius 2 is 2.00 bits per heavy atom. The van der Waals surface area contributed by atoms with Crippen molar-refractivity contribution in [1.82, 2.24) is 20.1 Å². The Kier molecular flexibility index (Phi) is 2.31. The molecule has 0 bridgehead atoms. The van der Waals surface area contributed by atoms with Crippen LogP contribution in [0.15, 0.2) is 0 Å². The molecule has 1 N–H and O–H groups in total. The molecule has 4 nitrogen and oxygen atoms in total. The molecule has 0 aromatic carbocycles. The predicted octanol–water partition coefficient (Wildman–Crippen LogP) is 0.765. The molecule has 0 radical (unpaired) electrons. The summed E-state index contributed by atoms with van der Waals surface area (Å²) in [4.78, 5) is 4.53. The summed E-state index contributed by atoms with van der Waals surface area (Å²) in [5.41, 5.74) is 0.210. The molecule has 1 fully saturated rings. The molecule has 1 saturated heterocycles. The summed E-state index contributed by atoms with van der Waals surface area (Å²) in [5.74, 6) is 2.01. The highest BCUT2D eigenvalue weighted by Gasteiger charge is 2.33. The van der Waals surface area contributed by atoms with Crippen molar-refractivity contribution in [1.29, 1.82) is 0 Å². The topological polar surface area (TPSA) is 42.7 Å². The largest absolute Gasteiger partial charge is 0.317 e. The van der Waals surface area contributed by atoms with Gasteiger partial charge in [0.1, 0.15) is 11.6 Å². The van der Waals surface area contributed by atoms with Gasteiger partial charge in [-0.3, -0.25) is 4.68 Å². The first-order valence-electron chi connectivity index (χ1n) is 5.21. The van der Waals surface area contributed by atoms with Gasteiger partial charge in [0.2, 0.25) is 0 Å². The SMILES string of the molecule is Cc1nc(C2(C)CCNCC2)n(C)n1. The summed E-state index contributed by atoms with van der Waals surface area (Å²) in [5, 5.41) is 7.70. The Morgan fingerprint density at radius 1 is 1.36 bits per heavy atom. The van der Waals surface area contributed by atoms with E-state index >= 15 is 0 Å². The summed E-state index contributed by atoms with van der Waals surface area (Å²) >= 11 is 0. The van der Waals surface area contributed by atoms with Gasteiger partial charge in [0.25, 0.3) is 0 Å². The highest BCUT2D eigenvalue weighted by atomic mass is 15.3. The minimum absolute atomic E-state index is 0.210. The fourth-order valence-electron chi connectivity index (χ4n) is 2.24. The molecule has 0 aliphatic carbocycles. The van der Waals surface area contributed by atoms with Crippen LogP contribution in [0.3, 0.4) is 0 Å². The van der Waals surface area contributed by atoms with Crippen LogP contribution in [-0.4, -0.2) is 27.9 Å². The molecule has 0 saturated carbocycles. The lowest BCUT2D eigenvalue weighted by atomic mass is 9.80. The van der Waals surface area contributed by atoms with Gasteiger partial charge >= 0.3 is 0 Å². The molecule has 14 heavy (non-hydrogen) atoms. The van der Waals surface area contributed by atoms with E-state index in [1.165, 1.54) is 0 Å². The maximum atomic E-state index is 4.53. The maximum absolute atomic E-state index is 4.53. The minimum Gasteiger partial charge on any atom is -0.317 e. The van der Waals surface area contributed by atoms with Crippen molar-refractivity contribution in [3.63, 3.8) is 0 Å². The Morgan fingerprint density at radius 3 is 2.50 bits per heavy atom. The van der Waals surface area contributed by atoms with E-state index in [2.05, 4.69) is 22.3 Å². The zero-order valence-electron chi connectivity index (χ0n) is 9.17. The Labute approximate surface area is 84.7 Å². The molecule has 0 spiro atoms. The normalized spacial score (nSPS) is 21.1. The van der Waals surface area contributed by atoms with Crippen LogP contribution in [0.5, 0.6) is 0 Å². The van der Waals surface area contributed by atoms with Crippen molar-refractivity contribution >= 4 is 0 Å². The van der Waals surface area contributed by atoms with Gasteiger partial charge in [0.05, 0.1) is 0 Å². The average Bonchev–Trinajstić information content (AvgIpc) is 2.47. The second-order valence-electron chi connectivity index (χ2n) is 4.42. The lowest BCUT2D eigenvalue weighted by Gasteiger charge is -2.32. The van der Waals surface area contributed by atoms with Crippen LogP contribution in [0.25, 0.3) is 0 Å². The molecule has 78 valence electrons. The van der Waals surface area contributed by atoms with Crippen LogP contribution in [0, 0.1) is 6.92 Å². The van der Waals surface area contributed by atoms with Crippen molar-refractivity contribution in [2.45, 2.75) is 32.1 Å². The molecule has 0 unspecified atom stereocenters. The molecule has 4 heteroatoms. The molecular formula is C10H18N4. The first kappa shape index (κ1) is 9.65. The maximum Gasteiger partial charge on any atom is 0.147 e. The summed E-state index contributed by atoms with van der Waals surface area (Å²) in [6, 6.07) is 0. The molecule has 0 amide bonds. The van der Waals surface area contributed by atoms with E-state index in [4.69, 9.17) is 0 Å². The highest BCUT2D eigenvalue weighted by molar-refractivity contribution is 5.09. The summed E-state index contributed by atoms with van der Waals surface area (Å²) in [7, 11) is 1.99. The molecule has 2 heterocycles. The highest BCUT2D eigenvalue weighted by Crippen LogP contribution is 2.30. The van der Waals surface area contributed by atoms with E-state index in [9.17, 15) is 0 Å². The fraction of sp³-hybridized carbons (Fsp3) is 0.800. The Hall–Kier alpha value is -0.900. The Bertz CT molecular complexity index is 323. The third-order valence-corrected chi connectivity index (χ3v) is 3.12. The number of aromatic nitrogens is 3. The van der Waals surface area contributed by atoms with Crippen molar-refractivity contribution < 1.29 is 0 Å². The summed E-state index contributed by atoms with van der Waals surface area (Å²) in [6.07, 6.45) is 2.30. The number of piperidine rings is 1. The monoisotopic (exact) mass is 194 g/mol. The molecule has 1 aliphatic rings. The van der Waals surface area contributed by atoms with E-state index < -0.39 is 0 Å². The number of nitrogens with zero attached hydrogens (tertiary/aromatic N) is 3. The molecule has 1 aromatic heterocycles. The first-order valence-corrected chi connectivity index (χ1v) is 5.21. The fourth-order valence-corrected chi connectivity index (χ4v) is 2.24. The number of rotatable bonds is 1. The average molecular weight is 194 g/mol. The molecule has 1 aliphatic heterocycles. The van der Waals surface area contributed by atoms with Crippen LogP contribution in [0.1, 0.15) is 31.4 Å². The van der Waals surface area contributed by atoms with Crippen molar-refractivity contribution in [3.8, 4) is 0 Å². The van der Waals surface area contributed by atoms with Crippen LogP contribution < -0.4 is 5.32 Å². The van der Waals surface area contributed by atoms with Gasteiger partial charge in [0.15, 0.2) is 0 Å². The van der Waals surface area contributed by atoms with E-state index in [1.54, 1.807) is 0 Å². The van der Waals surface area contributed by atoms with Crippen molar-refractivity contribution in [3.05, 3.63) is 11.6 Å². The van der Waals surface area contributed by atoms with E-state index in [0.717, 1.165) is 37.6 Å². The van der Waals surface area contributed by atoms with Gasteiger partial charge in [-0.2, -0.15) is 5.10 Å². The second-order valence-corrected chi connectivity index (χ2v) is 4.42. The van der Waals surface area contributed by atoms with Gasteiger partial charge < -0.3 is 5.32 Å². The van der Waals surface area contributed by atoms with E-state index in [0.29, 0.717) is 0 Å². The van der Waals surface area contributed by atoms with Gasteiger partial charge in [-0.1, -0.05) is 6.92 Å². The molecule has 2 rings (SSSR count). The number of nitrogens with one attached hydrogen (secondary N) is 1. The lowest BCUT2D eigenvalue weighted by Crippen LogP contribution is -2.39. The smallest absolute Gasteiger partial charge is 0.147 e. The number of aryl methyl sites for hydroxylation is 2. The third-order valence-electron chi connectivity index (χ3n) is 3.12. The van der Waals surface area contributed by atoms with E-state index in [1.807, 2.05) is 18.7 Å². The molecule has 1 aromatic rings. The lowest BCUT2D eigenvalue weighted by molar-refractivity contribution is 0.309. The zero-order valence-corrected chi connectivity index (χ0v) is 9.17. The Balaban J connectivity index is 2.32. The number of hydrogen-bond acceptors (Lipinski definition) is 3. The van der Waals surface area contributed by atoms with Crippen LogP contribution in [0.2, 0.25) is 0 Å². The van der Waals surface area contributed by atoms with Gasteiger partial charge in [0, 0.05) is 12.5 Å². The first-order chi connectivity index (χ1) is 6.62. The van der Waals surface area contributed by atoms with Gasteiger partial charge in [-0.05, 0) is 32.9 Å². The third kappa shape index (κ3) is 1.54. The van der Waals surface area contributed by atoms with E-state index in [-0.39, 0.29) is 5.41 Å².